The Balaban J connectivity index is 1.86. The van der Waals surface area contributed by atoms with Crippen molar-refractivity contribution in [1.82, 2.24) is 10.2 Å². The predicted octanol–water partition coefficient (Wildman–Crippen LogP) is 5.25. The van der Waals surface area contributed by atoms with E-state index < -0.39 is 17.7 Å². The van der Waals surface area contributed by atoms with Crippen molar-refractivity contribution in [2.24, 2.45) is 0 Å². The SMILES string of the molecule is CCOc1ccc(/C(O)=C2\C(=O)C(=O)N(c3nnc(C(C)C)s3)C2c2ccc(CC)cc2)cc1. The molecule has 34 heavy (non-hydrogen) atoms. The highest BCUT2D eigenvalue weighted by molar-refractivity contribution is 7.15. The van der Waals surface area contributed by atoms with Gasteiger partial charge in [0.15, 0.2) is 0 Å². The highest BCUT2D eigenvalue weighted by Crippen LogP contribution is 2.43. The number of benzene rings is 2. The second-order valence-corrected chi connectivity index (χ2v) is 9.29. The lowest BCUT2D eigenvalue weighted by atomic mass is 9.94. The van der Waals surface area contributed by atoms with Gasteiger partial charge in [-0.1, -0.05) is 56.4 Å². The van der Waals surface area contributed by atoms with Crippen molar-refractivity contribution in [2.45, 2.75) is 46.1 Å². The van der Waals surface area contributed by atoms with E-state index in [0.717, 1.165) is 17.0 Å². The molecule has 1 unspecified atom stereocenters. The number of carbonyl (C=O) groups is 2. The van der Waals surface area contributed by atoms with E-state index in [4.69, 9.17) is 4.74 Å². The summed E-state index contributed by atoms with van der Waals surface area (Å²) in [6, 6.07) is 13.7. The first-order chi connectivity index (χ1) is 16.3. The summed E-state index contributed by atoms with van der Waals surface area (Å²) in [5.74, 6) is -0.932. The Labute approximate surface area is 202 Å². The van der Waals surface area contributed by atoms with Crippen LogP contribution in [0.3, 0.4) is 0 Å². The number of hydrogen-bond donors (Lipinski definition) is 1. The van der Waals surface area contributed by atoms with E-state index >= 15 is 0 Å². The predicted molar refractivity (Wildman–Crippen MR) is 132 cm³/mol. The second kappa shape index (κ2) is 9.77. The van der Waals surface area contributed by atoms with Gasteiger partial charge in [0.05, 0.1) is 18.2 Å². The Hall–Kier alpha value is -3.52. The van der Waals surface area contributed by atoms with Gasteiger partial charge >= 0.3 is 5.91 Å². The van der Waals surface area contributed by atoms with E-state index in [2.05, 4.69) is 17.1 Å². The van der Waals surface area contributed by atoms with Gasteiger partial charge in [-0.05, 0) is 48.7 Å². The summed E-state index contributed by atoms with van der Waals surface area (Å²) in [5, 5.41) is 20.7. The van der Waals surface area contributed by atoms with E-state index in [0.29, 0.717) is 28.6 Å². The Morgan fingerprint density at radius 2 is 1.74 bits per heavy atom. The quantitative estimate of drug-likeness (QED) is 0.284. The first-order valence-electron chi connectivity index (χ1n) is 11.3. The number of carbonyl (C=O) groups excluding carboxylic acids is 2. The molecule has 0 bridgehead atoms. The smallest absolute Gasteiger partial charge is 0.301 e. The lowest BCUT2D eigenvalue weighted by Crippen LogP contribution is -2.29. The fourth-order valence-corrected chi connectivity index (χ4v) is 4.74. The maximum Gasteiger partial charge on any atom is 0.301 e. The fourth-order valence-electron chi connectivity index (χ4n) is 3.87. The molecular weight excluding hydrogens is 450 g/mol. The number of amides is 1. The van der Waals surface area contributed by atoms with Crippen LogP contribution < -0.4 is 9.64 Å². The number of ether oxygens (including phenoxy) is 1. The summed E-state index contributed by atoms with van der Waals surface area (Å²) in [5.41, 5.74) is 2.30. The molecule has 1 saturated heterocycles. The van der Waals surface area contributed by atoms with E-state index in [9.17, 15) is 14.7 Å². The Kier molecular flexibility index (Phi) is 6.79. The highest BCUT2D eigenvalue weighted by Gasteiger charge is 2.48. The summed E-state index contributed by atoms with van der Waals surface area (Å²) in [6.07, 6.45) is 0.862. The van der Waals surface area contributed by atoms with Gasteiger partial charge in [-0.25, -0.2) is 0 Å². The fraction of sp³-hybridized carbons (Fsp3) is 0.308. The third kappa shape index (κ3) is 4.33. The molecular formula is C26H27N3O4S. The Bertz CT molecular complexity index is 1230. The number of anilines is 1. The number of nitrogens with zero attached hydrogens (tertiary/aromatic N) is 3. The molecule has 1 aliphatic rings. The van der Waals surface area contributed by atoms with Crippen molar-refractivity contribution in [1.29, 1.82) is 0 Å². The van der Waals surface area contributed by atoms with Gasteiger partial charge in [0.25, 0.3) is 5.78 Å². The number of ketones is 1. The number of aliphatic hydroxyl groups is 1. The summed E-state index contributed by atoms with van der Waals surface area (Å²) < 4.78 is 5.47. The number of aliphatic hydroxyl groups excluding tert-OH is 1. The van der Waals surface area contributed by atoms with E-state index in [1.807, 2.05) is 45.0 Å². The van der Waals surface area contributed by atoms with Gasteiger partial charge in [-0.2, -0.15) is 0 Å². The lowest BCUT2D eigenvalue weighted by molar-refractivity contribution is -0.132. The van der Waals surface area contributed by atoms with Crippen molar-refractivity contribution in [2.75, 3.05) is 11.5 Å². The molecule has 1 N–H and O–H groups in total. The minimum atomic E-state index is -0.814. The van der Waals surface area contributed by atoms with Crippen LogP contribution >= 0.6 is 11.3 Å². The van der Waals surface area contributed by atoms with Gasteiger partial charge in [-0.15, -0.1) is 10.2 Å². The van der Waals surface area contributed by atoms with Gasteiger partial charge in [0, 0.05) is 11.5 Å². The number of hydrogen-bond acceptors (Lipinski definition) is 7. The van der Waals surface area contributed by atoms with Gasteiger partial charge in [0.1, 0.15) is 16.5 Å². The standard InChI is InChI=1S/C26H27N3O4S/c1-5-16-7-9-17(10-8-16)21-20(22(30)18-11-13-19(14-12-18)33-6-2)23(31)25(32)29(21)26-28-27-24(34-26)15(3)4/h7-15,21,30H,5-6H2,1-4H3/b22-20+. The normalized spacial score (nSPS) is 17.6. The van der Waals surface area contributed by atoms with Crippen LogP contribution in [0.15, 0.2) is 54.1 Å². The third-order valence-corrected chi connectivity index (χ3v) is 6.94. The molecule has 176 valence electrons. The van der Waals surface area contributed by atoms with Crippen molar-refractivity contribution >= 4 is 33.9 Å². The number of aryl methyl sites for hydroxylation is 1. The molecule has 2 heterocycles. The van der Waals surface area contributed by atoms with Gasteiger partial charge in [-0.3, -0.25) is 14.5 Å². The van der Waals surface area contributed by atoms with Crippen LogP contribution in [0.25, 0.3) is 5.76 Å². The van der Waals surface area contributed by atoms with Gasteiger partial charge in [0.2, 0.25) is 5.13 Å². The highest BCUT2D eigenvalue weighted by atomic mass is 32.1. The van der Waals surface area contributed by atoms with Crippen LogP contribution in [0.5, 0.6) is 5.75 Å². The zero-order chi connectivity index (χ0) is 24.4. The first kappa shape index (κ1) is 23.6. The van der Waals surface area contributed by atoms with E-state index in [1.165, 1.54) is 16.2 Å². The van der Waals surface area contributed by atoms with Crippen molar-refractivity contribution in [3.05, 3.63) is 75.8 Å². The largest absolute Gasteiger partial charge is 0.507 e. The maximum atomic E-state index is 13.2. The molecule has 1 amide bonds. The molecule has 1 fully saturated rings. The molecule has 1 aromatic heterocycles. The molecule has 8 heteroatoms. The summed E-state index contributed by atoms with van der Waals surface area (Å²) in [4.78, 5) is 27.8. The minimum Gasteiger partial charge on any atom is -0.507 e. The number of rotatable bonds is 7. The molecule has 3 aromatic rings. The molecule has 0 radical (unpaired) electrons. The van der Waals surface area contributed by atoms with Crippen LogP contribution in [0, 0.1) is 0 Å². The molecule has 4 rings (SSSR count). The third-order valence-electron chi connectivity index (χ3n) is 5.72. The Morgan fingerprint density at radius 3 is 2.29 bits per heavy atom. The zero-order valence-electron chi connectivity index (χ0n) is 19.6. The first-order valence-corrected chi connectivity index (χ1v) is 12.1. The molecule has 7 nitrogen and oxygen atoms in total. The van der Waals surface area contributed by atoms with Crippen molar-refractivity contribution in [3.8, 4) is 5.75 Å². The maximum absolute atomic E-state index is 13.2. The molecule has 0 saturated carbocycles. The van der Waals surface area contributed by atoms with Crippen molar-refractivity contribution < 1.29 is 19.4 Å². The van der Waals surface area contributed by atoms with Crippen LogP contribution in [0.2, 0.25) is 0 Å². The molecule has 1 aliphatic heterocycles. The average Bonchev–Trinajstić information content (AvgIpc) is 3.43. The van der Waals surface area contributed by atoms with Crippen LogP contribution in [-0.2, 0) is 16.0 Å². The summed E-state index contributed by atoms with van der Waals surface area (Å²) in [6.45, 7) is 8.44. The monoisotopic (exact) mass is 477 g/mol. The van der Waals surface area contributed by atoms with Crippen molar-refractivity contribution in [3.63, 3.8) is 0 Å². The average molecular weight is 478 g/mol. The zero-order valence-corrected chi connectivity index (χ0v) is 20.4. The minimum absolute atomic E-state index is 0.0275. The summed E-state index contributed by atoms with van der Waals surface area (Å²) >= 11 is 1.28. The Morgan fingerprint density at radius 1 is 1.06 bits per heavy atom. The summed E-state index contributed by atoms with van der Waals surface area (Å²) in [7, 11) is 0. The van der Waals surface area contributed by atoms with Crippen LogP contribution in [0.4, 0.5) is 5.13 Å². The second-order valence-electron chi connectivity index (χ2n) is 8.30. The topological polar surface area (TPSA) is 92.6 Å². The molecule has 0 spiro atoms. The van der Waals surface area contributed by atoms with E-state index in [-0.39, 0.29) is 17.3 Å². The van der Waals surface area contributed by atoms with Crippen LogP contribution in [0.1, 0.15) is 61.4 Å². The number of Topliss-reactive ketones (excluding diaryl/α,β-unsaturated/α-hetero) is 1. The van der Waals surface area contributed by atoms with Crippen LogP contribution in [-0.4, -0.2) is 33.6 Å². The van der Waals surface area contributed by atoms with E-state index in [1.54, 1.807) is 24.3 Å². The number of aromatic nitrogens is 2. The molecule has 2 aromatic carbocycles. The molecule has 1 atom stereocenters. The lowest BCUT2D eigenvalue weighted by Gasteiger charge is -2.22. The molecule has 0 aliphatic carbocycles. The van der Waals surface area contributed by atoms with Gasteiger partial charge < -0.3 is 9.84 Å².